The normalized spacial score (nSPS) is 10.4. The fraction of sp³-hybridized carbons (Fsp3) is 0.143. The highest BCUT2D eigenvalue weighted by molar-refractivity contribution is 6.17. The Kier molecular flexibility index (Phi) is 4.70. The second kappa shape index (κ2) is 6.49. The number of nitrogens with zero attached hydrogens (tertiary/aromatic N) is 1. The predicted octanol–water partition coefficient (Wildman–Crippen LogP) is 4.19. The molecule has 0 aromatic heterocycles. The molecule has 4 nitrogen and oxygen atoms in total. The first-order valence-electron chi connectivity index (χ1n) is 5.91. The van der Waals surface area contributed by atoms with Gasteiger partial charge in [-0.15, -0.1) is 11.6 Å². The minimum atomic E-state index is -0.961. The van der Waals surface area contributed by atoms with Gasteiger partial charge < -0.3 is 4.74 Å². The van der Waals surface area contributed by atoms with E-state index in [1.54, 1.807) is 0 Å². The number of benzene rings is 2. The summed E-state index contributed by atoms with van der Waals surface area (Å²) in [6, 6.07) is 7.46. The lowest BCUT2D eigenvalue weighted by Gasteiger charge is -2.10. The maximum absolute atomic E-state index is 13.1. The number of nitro benzene ring substituents is 1. The zero-order chi connectivity index (χ0) is 15.4. The van der Waals surface area contributed by atoms with Crippen molar-refractivity contribution in [2.45, 2.75) is 12.5 Å². The van der Waals surface area contributed by atoms with Crippen LogP contribution in [0.3, 0.4) is 0 Å². The molecule has 0 saturated heterocycles. The zero-order valence-electron chi connectivity index (χ0n) is 10.7. The maximum atomic E-state index is 13.1. The molecule has 0 heterocycles. The van der Waals surface area contributed by atoms with Crippen molar-refractivity contribution in [1.82, 2.24) is 0 Å². The molecule has 0 spiro atoms. The molecule has 0 N–H and O–H groups in total. The molecule has 0 aliphatic rings. The lowest BCUT2D eigenvalue weighted by atomic mass is 10.2. The SMILES string of the molecule is O=[N+]([O-])c1ccc(OCc2ccc(F)c(F)c2)c(CCl)c1. The number of halogens is 3. The van der Waals surface area contributed by atoms with E-state index in [9.17, 15) is 18.9 Å². The van der Waals surface area contributed by atoms with Gasteiger partial charge in [-0.3, -0.25) is 10.1 Å². The quantitative estimate of drug-likeness (QED) is 0.472. The number of hydrogen-bond acceptors (Lipinski definition) is 3. The fourth-order valence-corrected chi connectivity index (χ4v) is 1.92. The van der Waals surface area contributed by atoms with Gasteiger partial charge in [-0.05, 0) is 23.8 Å². The Morgan fingerprint density at radius 3 is 2.52 bits per heavy atom. The Balaban J connectivity index is 2.15. The molecule has 0 atom stereocenters. The van der Waals surface area contributed by atoms with Crippen molar-refractivity contribution in [1.29, 1.82) is 0 Å². The van der Waals surface area contributed by atoms with Gasteiger partial charge in [0.1, 0.15) is 12.4 Å². The van der Waals surface area contributed by atoms with Crippen LogP contribution in [-0.2, 0) is 12.5 Å². The van der Waals surface area contributed by atoms with E-state index in [1.165, 1.54) is 24.3 Å². The molecule has 0 radical (unpaired) electrons. The van der Waals surface area contributed by atoms with Crippen LogP contribution < -0.4 is 4.74 Å². The topological polar surface area (TPSA) is 52.4 Å². The van der Waals surface area contributed by atoms with Gasteiger partial charge in [0.2, 0.25) is 0 Å². The van der Waals surface area contributed by atoms with E-state index in [2.05, 4.69) is 0 Å². The summed E-state index contributed by atoms with van der Waals surface area (Å²) in [5.41, 5.74) is 0.798. The molecule has 21 heavy (non-hydrogen) atoms. The third kappa shape index (κ3) is 3.66. The highest BCUT2D eigenvalue weighted by Crippen LogP contribution is 2.26. The minimum Gasteiger partial charge on any atom is -0.489 e. The smallest absolute Gasteiger partial charge is 0.270 e. The van der Waals surface area contributed by atoms with Gasteiger partial charge in [-0.2, -0.15) is 0 Å². The van der Waals surface area contributed by atoms with Gasteiger partial charge in [0.05, 0.1) is 10.8 Å². The molecule has 0 bridgehead atoms. The zero-order valence-corrected chi connectivity index (χ0v) is 11.4. The lowest BCUT2D eigenvalue weighted by Crippen LogP contribution is -2.00. The number of alkyl halides is 1. The van der Waals surface area contributed by atoms with Crippen LogP contribution in [0.1, 0.15) is 11.1 Å². The molecule has 2 rings (SSSR count). The van der Waals surface area contributed by atoms with Crippen molar-refractivity contribution in [3.63, 3.8) is 0 Å². The average Bonchev–Trinajstić information content (AvgIpc) is 2.48. The molecular formula is C14H10ClF2NO3. The molecule has 2 aromatic rings. The van der Waals surface area contributed by atoms with E-state index >= 15 is 0 Å². The van der Waals surface area contributed by atoms with Gasteiger partial charge in [-0.25, -0.2) is 8.78 Å². The highest BCUT2D eigenvalue weighted by atomic mass is 35.5. The Hall–Kier alpha value is -2.21. The van der Waals surface area contributed by atoms with Gasteiger partial charge in [0.25, 0.3) is 5.69 Å². The van der Waals surface area contributed by atoms with Crippen LogP contribution in [-0.4, -0.2) is 4.92 Å². The molecule has 0 aliphatic heterocycles. The molecule has 0 aliphatic carbocycles. The molecule has 0 unspecified atom stereocenters. The van der Waals surface area contributed by atoms with Gasteiger partial charge in [0.15, 0.2) is 11.6 Å². The standard InChI is InChI=1S/C14H10ClF2NO3/c15-7-10-6-11(18(19)20)2-4-14(10)21-8-9-1-3-12(16)13(17)5-9/h1-6H,7-8H2. The van der Waals surface area contributed by atoms with Crippen LogP contribution in [0, 0.1) is 21.7 Å². The summed E-state index contributed by atoms with van der Waals surface area (Å²) in [6.07, 6.45) is 0. The van der Waals surface area contributed by atoms with Gasteiger partial charge in [-0.1, -0.05) is 6.07 Å². The van der Waals surface area contributed by atoms with E-state index in [4.69, 9.17) is 16.3 Å². The van der Waals surface area contributed by atoms with E-state index < -0.39 is 16.6 Å². The summed E-state index contributed by atoms with van der Waals surface area (Å²) < 4.78 is 31.3. The second-order valence-corrected chi connectivity index (χ2v) is 4.49. The molecule has 2 aromatic carbocycles. The molecular weight excluding hydrogens is 304 g/mol. The van der Waals surface area contributed by atoms with Crippen LogP contribution in [0.25, 0.3) is 0 Å². The Bertz CT molecular complexity index is 679. The second-order valence-electron chi connectivity index (χ2n) is 4.22. The van der Waals surface area contributed by atoms with E-state index in [0.29, 0.717) is 16.9 Å². The number of nitro groups is 1. The van der Waals surface area contributed by atoms with Crippen LogP contribution in [0.4, 0.5) is 14.5 Å². The summed E-state index contributed by atoms with van der Waals surface area (Å²) in [5, 5.41) is 10.7. The van der Waals surface area contributed by atoms with Crippen LogP contribution in [0.2, 0.25) is 0 Å². The lowest BCUT2D eigenvalue weighted by molar-refractivity contribution is -0.384. The summed E-state index contributed by atoms with van der Waals surface area (Å²) in [7, 11) is 0. The first-order valence-corrected chi connectivity index (χ1v) is 6.44. The predicted molar refractivity (Wildman–Crippen MR) is 73.3 cm³/mol. The van der Waals surface area contributed by atoms with E-state index in [-0.39, 0.29) is 18.2 Å². The summed E-state index contributed by atoms with van der Waals surface area (Å²) in [6.45, 7) is -0.00109. The van der Waals surface area contributed by atoms with Crippen molar-refractivity contribution in [2.24, 2.45) is 0 Å². The molecule has 0 saturated carbocycles. The molecule has 0 fully saturated rings. The van der Waals surface area contributed by atoms with Crippen molar-refractivity contribution in [2.75, 3.05) is 0 Å². The number of ether oxygens (including phenoxy) is 1. The Morgan fingerprint density at radius 1 is 1.14 bits per heavy atom. The van der Waals surface area contributed by atoms with Gasteiger partial charge in [0, 0.05) is 17.7 Å². The van der Waals surface area contributed by atoms with Crippen LogP contribution >= 0.6 is 11.6 Å². The van der Waals surface area contributed by atoms with Crippen molar-refractivity contribution < 1.29 is 18.4 Å². The molecule has 0 amide bonds. The third-order valence-electron chi connectivity index (χ3n) is 2.78. The molecule has 7 heteroatoms. The van der Waals surface area contributed by atoms with E-state index in [1.807, 2.05) is 0 Å². The maximum Gasteiger partial charge on any atom is 0.270 e. The van der Waals surface area contributed by atoms with Crippen LogP contribution in [0.15, 0.2) is 36.4 Å². The Morgan fingerprint density at radius 2 is 1.90 bits per heavy atom. The number of hydrogen-bond donors (Lipinski definition) is 0. The van der Waals surface area contributed by atoms with E-state index in [0.717, 1.165) is 12.1 Å². The number of rotatable bonds is 5. The average molecular weight is 314 g/mol. The van der Waals surface area contributed by atoms with Crippen molar-refractivity contribution in [3.05, 3.63) is 69.3 Å². The third-order valence-corrected chi connectivity index (χ3v) is 3.07. The van der Waals surface area contributed by atoms with Gasteiger partial charge >= 0.3 is 0 Å². The largest absolute Gasteiger partial charge is 0.489 e. The summed E-state index contributed by atoms with van der Waals surface area (Å²) in [4.78, 5) is 10.1. The van der Waals surface area contributed by atoms with Crippen molar-refractivity contribution in [3.8, 4) is 5.75 Å². The first-order chi connectivity index (χ1) is 10.0. The monoisotopic (exact) mass is 313 g/mol. The van der Waals surface area contributed by atoms with Crippen molar-refractivity contribution >= 4 is 17.3 Å². The van der Waals surface area contributed by atoms with Crippen LogP contribution in [0.5, 0.6) is 5.75 Å². The number of non-ortho nitro benzene ring substituents is 1. The molecule has 110 valence electrons. The summed E-state index contributed by atoms with van der Waals surface area (Å²) >= 11 is 5.72. The summed E-state index contributed by atoms with van der Waals surface area (Å²) in [5.74, 6) is -1.50. The highest BCUT2D eigenvalue weighted by Gasteiger charge is 2.11. The first kappa shape index (κ1) is 15.2. The fourth-order valence-electron chi connectivity index (χ4n) is 1.72. The minimum absolute atomic E-state index is 0.00109. The Labute approximate surface area is 124 Å².